The number of unbranched alkanes of at least 4 members (excludes halogenated alkanes) is 16. The summed E-state index contributed by atoms with van der Waals surface area (Å²) < 4.78 is 3.25. The van der Waals surface area contributed by atoms with Crippen molar-refractivity contribution in [3.63, 3.8) is 0 Å². The van der Waals surface area contributed by atoms with Gasteiger partial charge in [0.15, 0.2) is 0 Å². The zero-order chi connectivity index (χ0) is 33.1. The summed E-state index contributed by atoms with van der Waals surface area (Å²) in [4.78, 5) is 21.6. The van der Waals surface area contributed by atoms with Crippen LogP contribution in [0, 0.1) is 11.8 Å². The fourth-order valence-electron chi connectivity index (χ4n) is 4.84. The molecule has 0 aromatic carbocycles. The average Bonchev–Trinajstić information content (AvgIpc) is 2.95. The van der Waals surface area contributed by atoms with Gasteiger partial charge >= 0.3 is 69.5 Å². The first-order valence-corrected chi connectivity index (χ1v) is 23.2. The van der Waals surface area contributed by atoms with Crippen molar-refractivity contribution in [3.05, 3.63) is 0 Å². The molecule has 43 heavy (non-hydrogen) atoms. The monoisotopic (exact) mass is 752 g/mol. The molecule has 0 heterocycles. The second-order valence-electron chi connectivity index (χ2n) is 12.3. The van der Waals surface area contributed by atoms with Gasteiger partial charge in [-0.15, -0.1) is 0 Å². The Balaban J connectivity index is -0.000000586. The predicted octanol–water partition coefficient (Wildman–Crippen LogP) is 9.53. The summed E-state index contributed by atoms with van der Waals surface area (Å²) in [5.74, 6) is -2.68. The number of rotatable bonds is 28. The molecule has 7 heteroatoms. The molecule has 0 rings (SSSR count). The predicted molar refractivity (Wildman–Crippen MR) is 194 cm³/mol. The molecule has 4 atom stereocenters. The molecule has 0 spiro atoms. The molecule has 4 nitrogen and oxygen atoms in total. The summed E-state index contributed by atoms with van der Waals surface area (Å²) in [7, 11) is 0. The van der Waals surface area contributed by atoms with Gasteiger partial charge < -0.3 is 19.8 Å². The Morgan fingerprint density at radius 1 is 0.488 bits per heavy atom. The first-order valence-electron chi connectivity index (χ1n) is 18.1. The van der Waals surface area contributed by atoms with Gasteiger partial charge in [-0.05, 0) is 12.8 Å². The van der Waals surface area contributed by atoms with Crippen LogP contribution in [0.5, 0.6) is 0 Å². The van der Waals surface area contributed by atoms with E-state index in [2.05, 4.69) is 53.0 Å². The number of carbonyl (C=O) groups excluding carboxylic acids is 2. The van der Waals surface area contributed by atoms with Gasteiger partial charge in [0.25, 0.3) is 0 Å². The quantitative estimate of drug-likeness (QED) is 0.0475. The minimum atomic E-state index is -0.949. The fraction of sp³-hybridized carbons (Fsp3) is 0.944. The molecule has 0 radical (unpaired) electrons. The summed E-state index contributed by atoms with van der Waals surface area (Å²) >= 11 is 8.54. The summed E-state index contributed by atoms with van der Waals surface area (Å²) in [5.41, 5.74) is 0. The van der Waals surface area contributed by atoms with Crippen LogP contribution in [0.4, 0.5) is 0 Å². The van der Waals surface area contributed by atoms with Crippen LogP contribution in [0.2, 0.25) is 8.87 Å². The summed E-state index contributed by atoms with van der Waals surface area (Å²) in [6, 6.07) is 0. The van der Waals surface area contributed by atoms with Crippen LogP contribution in [-0.4, -0.2) is 43.6 Å². The maximum absolute atomic E-state index is 10.8. The van der Waals surface area contributed by atoms with E-state index in [4.69, 9.17) is 0 Å². The number of carboxylic acid groups (broad SMARTS) is 2. The Hall–Kier alpha value is 0.439. The molecule has 0 fully saturated rings. The van der Waals surface area contributed by atoms with Crippen molar-refractivity contribution in [2.24, 2.45) is 11.8 Å². The van der Waals surface area contributed by atoms with Gasteiger partial charge in [-0.25, -0.2) is 0 Å². The number of carbonyl (C=O) groups is 2. The van der Waals surface area contributed by atoms with Crippen molar-refractivity contribution in [2.45, 2.75) is 202 Å². The van der Waals surface area contributed by atoms with Crippen molar-refractivity contribution < 1.29 is 19.8 Å². The number of aliphatic carboxylic acids is 2. The minimum absolute atomic E-state index is 0.107. The molecular weight excluding hydrogens is 679 g/mol. The number of hydrogen-bond acceptors (Lipinski definition) is 6. The zero-order valence-corrected chi connectivity index (χ0v) is 34.0. The van der Waals surface area contributed by atoms with E-state index in [1.165, 1.54) is 103 Å². The molecule has 0 saturated carbocycles. The van der Waals surface area contributed by atoms with Crippen LogP contribution >= 0.6 is 25.3 Å². The van der Waals surface area contributed by atoms with E-state index in [0.717, 1.165) is 25.7 Å². The molecule has 0 aliphatic rings. The Morgan fingerprint density at radius 3 is 0.977 bits per heavy atom. The van der Waals surface area contributed by atoms with Crippen LogP contribution in [0.1, 0.15) is 183 Å². The Kier molecular flexibility index (Phi) is 43.0. The van der Waals surface area contributed by atoms with Gasteiger partial charge in [-0.1, -0.05) is 130 Å². The molecule has 4 unspecified atom stereocenters. The molecular formula is C36H72O4S2Sn. The van der Waals surface area contributed by atoms with Crippen molar-refractivity contribution in [1.82, 2.24) is 0 Å². The van der Waals surface area contributed by atoms with Gasteiger partial charge in [0.05, 0.1) is 0 Å². The molecule has 0 saturated heterocycles. The van der Waals surface area contributed by atoms with E-state index in [1.807, 2.05) is 13.8 Å². The van der Waals surface area contributed by atoms with E-state index in [0.29, 0.717) is 12.8 Å². The van der Waals surface area contributed by atoms with Gasteiger partial charge in [-0.2, -0.15) is 25.3 Å². The number of thiol groups is 2. The van der Waals surface area contributed by atoms with Crippen LogP contribution in [0.15, 0.2) is 0 Å². The second kappa shape index (κ2) is 38.6. The first kappa shape index (κ1) is 47.8. The summed E-state index contributed by atoms with van der Waals surface area (Å²) in [6.07, 6.45) is 27.1. The molecule has 0 N–H and O–H groups in total. The standard InChI is InChI=1S/2C14H28O2S.2C4H9.Sn/c2*1-3-4-5-6-7-8-9-10-11-13(12(2)17)14(15)16;2*1-3-4-2;/h2*12-13,17H,3-11H2,1-2H3,(H,15,16);2*1,3-4H2,2H3;/q;;;;+2/p-2. The van der Waals surface area contributed by atoms with Crippen molar-refractivity contribution in [2.75, 3.05) is 0 Å². The third-order valence-electron chi connectivity index (χ3n) is 7.92. The first-order chi connectivity index (χ1) is 20.6. The zero-order valence-electron chi connectivity index (χ0n) is 29.3. The van der Waals surface area contributed by atoms with Crippen LogP contribution in [0.3, 0.4) is 0 Å². The fourth-order valence-corrected chi connectivity index (χ4v) is 9.54. The second-order valence-corrected chi connectivity index (χ2v) is 18.2. The SMILES string of the molecule is CCCCCCCCCCC(C(=O)[O-])C(C)S.CCCCCCCCCCC(C(=O)[O-])C(C)S.CCC[CH2][Sn+2][CH2]CCC. The average molecular weight is 752 g/mol. The van der Waals surface area contributed by atoms with E-state index in [9.17, 15) is 19.8 Å². The molecule has 0 aliphatic heterocycles. The molecule has 0 aromatic heterocycles. The molecule has 0 amide bonds. The van der Waals surface area contributed by atoms with Crippen molar-refractivity contribution in [3.8, 4) is 0 Å². The Labute approximate surface area is 290 Å². The van der Waals surface area contributed by atoms with Gasteiger partial charge in [0.1, 0.15) is 0 Å². The van der Waals surface area contributed by atoms with Crippen LogP contribution in [-0.2, 0) is 9.59 Å². The molecule has 0 aliphatic carbocycles. The van der Waals surface area contributed by atoms with E-state index in [1.54, 1.807) is 8.87 Å². The van der Waals surface area contributed by atoms with E-state index < -0.39 is 23.8 Å². The number of hydrogen-bond donors (Lipinski definition) is 2. The van der Waals surface area contributed by atoms with E-state index >= 15 is 0 Å². The summed E-state index contributed by atoms with van der Waals surface area (Å²) in [6.45, 7) is 12.7. The van der Waals surface area contributed by atoms with E-state index in [-0.39, 0.29) is 31.6 Å². The van der Waals surface area contributed by atoms with Crippen molar-refractivity contribution >= 4 is 58.3 Å². The molecule has 0 aromatic rings. The van der Waals surface area contributed by atoms with Gasteiger partial charge in [0.2, 0.25) is 0 Å². The molecule has 0 bridgehead atoms. The van der Waals surface area contributed by atoms with Gasteiger partial charge in [0, 0.05) is 34.3 Å². The number of carboxylic acids is 2. The topological polar surface area (TPSA) is 80.3 Å². The normalized spacial score (nSPS) is 13.4. The summed E-state index contributed by atoms with van der Waals surface area (Å²) in [5, 5.41) is 21.4. The van der Waals surface area contributed by atoms with Crippen LogP contribution in [0.25, 0.3) is 0 Å². The third kappa shape index (κ3) is 38.5. The van der Waals surface area contributed by atoms with Crippen LogP contribution < -0.4 is 10.2 Å². The Morgan fingerprint density at radius 2 is 0.744 bits per heavy atom. The van der Waals surface area contributed by atoms with Crippen molar-refractivity contribution in [1.29, 1.82) is 0 Å². The third-order valence-corrected chi connectivity index (χ3v) is 12.7. The molecule has 256 valence electrons. The Bertz CT molecular complexity index is 527. The maximum atomic E-state index is 10.8. The van der Waals surface area contributed by atoms with Gasteiger partial charge in [-0.3, -0.25) is 0 Å².